The summed E-state index contributed by atoms with van der Waals surface area (Å²) in [4.78, 5) is 4.13. The summed E-state index contributed by atoms with van der Waals surface area (Å²) in [6, 6.07) is 8.07. The van der Waals surface area contributed by atoms with Gasteiger partial charge in [-0.15, -0.1) is 0 Å². The number of anilines is 1. The topological polar surface area (TPSA) is 71.2 Å². The minimum atomic E-state index is 0.0321. The van der Waals surface area contributed by atoms with Crippen LogP contribution in [-0.4, -0.2) is 21.9 Å². The third kappa shape index (κ3) is 3.29. The summed E-state index contributed by atoms with van der Waals surface area (Å²) in [6.45, 7) is 2.56. The molecule has 0 fully saturated rings. The second-order valence-electron chi connectivity index (χ2n) is 3.80. The normalized spacial score (nSPS) is 10.5. The van der Waals surface area contributed by atoms with Crippen molar-refractivity contribution in [2.45, 2.75) is 19.9 Å². The Morgan fingerprint density at radius 3 is 2.76 bits per heavy atom. The molecule has 0 aliphatic carbocycles. The predicted molar refractivity (Wildman–Crippen MR) is 63.6 cm³/mol. The first kappa shape index (κ1) is 11.6. The van der Waals surface area contributed by atoms with Crippen molar-refractivity contribution >= 4 is 5.69 Å². The Morgan fingerprint density at radius 1 is 1.29 bits per heavy atom. The number of benzene rings is 1. The van der Waals surface area contributed by atoms with E-state index in [4.69, 9.17) is 9.63 Å². The van der Waals surface area contributed by atoms with Gasteiger partial charge in [0.2, 0.25) is 5.89 Å². The van der Waals surface area contributed by atoms with Crippen molar-refractivity contribution in [2.75, 3.05) is 11.9 Å². The maximum atomic E-state index is 8.73. The molecule has 0 atom stereocenters. The highest BCUT2D eigenvalue weighted by Crippen LogP contribution is 2.10. The molecule has 2 rings (SSSR count). The zero-order valence-corrected chi connectivity index (χ0v) is 9.68. The number of hydrogen-bond donors (Lipinski definition) is 2. The fourth-order valence-corrected chi connectivity index (χ4v) is 1.41. The van der Waals surface area contributed by atoms with Gasteiger partial charge in [-0.25, -0.2) is 0 Å². The predicted octanol–water partition coefficient (Wildman–Crippen LogP) is 1.52. The number of aryl methyl sites for hydroxylation is 1. The number of hydrogen-bond acceptors (Lipinski definition) is 5. The number of nitrogens with zero attached hydrogens (tertiary/aromatic N) is 2. The third-order valence-corrected chi connectivity index (χ3v) is 2.34. The van der Waals surface area contributed by atoms with E-state index in [9.17, 15) is 0 Å². The van der Waals surface area contributed by atoms with Gasteiger partial charge < -0.3 is 14.9 Å². The summed E-state index contributed by atoms with van der Waals surface area (Å²) < 4.78 is 5.03. The van der Waals surface area contributed by atoms with Gasteiger partial charge in [-0.05, 0) is 19.1 Å². The van der Waals surface area contributed by atoms with E-state index in [1.165, 1.54) is 5.56 Å². The summed E-state index contributed by atoms with van der Waals surface area (Å²) in [5, 5.41) is 15.7. The Hall–Kier alpha value is -1.88. The molecule has 0 bridgehead atoms. The van der Waals surface area contributed by atoms with Crippen LogP contribution >= 0.6 is 0 Å². The van der Waals surface area contributed by atoms with E-state index in [2.05, 4.69) is 15.5 Å². The standard InChI is InChI=1S/C12H15N3O2/c1-9-2-4-10(5-3-9)13-8-12-14-11(6-7-16)15-17-12/h2-5,13,16H,6-8H2,1H3. The highest BCUT2D eigenvalue weighted by molar-refractivity contribution is 5.44. The Balaban J connectivity index is 1.90. The number of nitrogens with one attached hydrogen (secondary N) is 1. The van der Waals surface area contributed by atoms with E-state index in [1.54, 1.807) is 0 Å². The lowest BCUT2D eigenvalue weighted by Gasteiger charge is -2.02. The largest absolute Gasteiger partial charge is 0.396 e. The van der Waals surface area contributed by atoms with Gasteiger partial charge in [0.1, 0.15) is 0 Å². The van der Waals surface area contributed by atoms with E-state index in [0.717, 1.165) is 5.69 Å². The van der Waals surface area contributed by atoms with E-state index in [-0.39, 0.29) is 6.61 Å². The monoisotopic (exact) mass is 233 g/mol. The zero-order chi connectivity index (χ0) is 12.1. The second kappa shape index (κ2) is 5.45. The molecule has 0 unspecified atom stereocenters. The highest BCUT2D eigenvalue weighted by atomic mass is 16.5. The molecule has 5 nitrogen and oxygen atoms in total. The SMILES string of the molecule is Cc1ccc(NCc2nc(CCO)no2)cc1. The molecule has 0 aliphatic rings. The highest BCUT2D eigenvalue weighted by Gasteiger charge is 2.04. The second-order valence-corrected chi connectivity index (χ2v) is 3.80. The van der Waals surface area contributed by atoms with Crippen LogP contribution in [-0.2, 0) is 13.0 Å². The molecule has 2 N–H and O–H groups in total. The molecule has 17 heavy (non-hydrogen) atoms. The van der Waals surface area contributed by atoms with Gasteiger partial charge in [-0.2, -0.15) is 4.98 Å². The lowest BCUT2D eigenvalue weighted by Crippen LogP contribution is -2.00. The number of aromatic nitrogens is 2. The maximum absolute atomic E-state index is 8.73. The molecular formula is C12H15N3O2. The third-order valence-electron chi connectivity index (χ3n) is 2.34. The Labute approximate surface area is 99.5 Å². The maximum Gasteiger partial charge on any atom is 0.245 e. The van der Waals surface area contributed by atoms with Gasteiger partial charge in [0.15, 0.2) is 5.82 Å². The lowest BCUT2D eigenvalue weighted by atomic mass is 10.2. The molecule has 0 saturated heterocycles. The number of rotatable bonds is 5. The average molecular weight is 233 g/mol. The van der Waals surface area contributed by atoms with Crippen molar-refractivity contribution in [2.24, 2.45) is 0 Å². The molecule has 0 aliphatic heterocycles. The summed E-state index contributed by atoms with van der Waals surface area (Å²) >= 11 is 0. The van der Waals surface area contributed by atoms with Crippen LogP contribution in [0.5, 0.6) is 0 Å². The molecule has 1 aromatic heterocycles. The minimum absolute atomic E-state index is 0.0321. The molecule has 1 heterocycles. The van der Waals surface area contributed by atoms with Crippen LogP contribution in [0.4, 0.5) is 5.69 Å². The van der Waals surface area contributed by atoms with Gasteiger partial charge >= 0.3 is 0 Å². The molecule has 0 amide bonds. The number of aliphatic hydroxyl groups is 1. The lowest BCUT2D eigenvalue weighted by molar-refractivity contribution is 0.293. The summed E-state index contributed by atoms with van der Waals surface area (Å²) in [5.74, 6) is 1.06. The Kier molecular flexibility index (Phi) is 3.72. The number of aliphatic hydroxyl groups excluding tert-OH is 1. The quantitative estimate of drug-likeness (QED) is 0.819. The van der Waals surface area contributed by atoms with Crippen molar-refractivity contribution in [1.29, 1.82) is 0 Å². The first-order chi connectivity index (χ1) is 8.28. The molecular weight excluding hydrogens is 218 g/mol. The molecule has 90 valence electrons. The van der Waals surface area contributed by atoms with Gasteiger partial charge in [0.25, 0.3) is 0 Å². The molecule has 0 saturated carbocycles. The molecule has 1 aromatic carbocycles. The van der Waals surface area contributed by atoms with Crippen molar-refractivity contribution in [3.63, 3.8) is 0 Å². The zero-order valence-electron chi connectivity index (χ0n) is 9.68. The van der Waals surface area contributed by atoms with Crippen LogP contribution in [0.25, 0.3) is 0 Å². The van der Waals surface area contributed by atoms with Crippen molar-refractivity contribution < 1.29 is 9.63 Å². The van der Waals surface area contributed by atoms with E-state index >= 15 is 0 Å². The summed E-state index contributed by atoms with van der Waals surface area (Å²) in [7, 11) is 0. The van der Waals surface area contributed by atoms with Crippen LogP contribution in [0.3, 0.4) is 0 Å². The summed E-state index contributed by atoms with van der Waals surface area (Å²) in [6.07, 6.45) is 0.425. The van der Waals surface area contributed by atoms with Crippen molar-refractivity contribution in [1.82, 2.24) is 10.1 Å². The van der Waals surface area contributed by atoms with Gasteiger partial charge in [-0.3, -0.25) is 0 Å². The average Bonchev–Trinajstić information content (AvgIpc) is 2.77. The van der Waals surface area contributed by atoms with Crippen LogP contribution < -0.4 is 5.32 Å². The first-order valence-corrected chi connectivity index (χ1v) is 5.51. The molecule has 0 radical (unpaired) electrons. The smallest absolute Gasteiger partial charge is 0.245 e. The van der Waals surface area contributed by atoms with Crippen LogP contribution in [0.2, 0.25) is 0 Å². The molecule has 0 spiro atoms. The first-order valence-electron chi connectivity index (χ1n) is 5.51. The Bertz CT molecular complexity index is 465. The molecule has 2 aromatic rings. The van der Waals surface area contributed by atoms with Gasteiger partial charge in [0.05, 0.1) is 13.2 Å². The fourth-order valence-electron chi connectivity index (χ4n) is 1.41. The van der Waals surface area contributed by atoms with Crippen LogP contribution in [0.1, 0.15) is 17.3 Å². The van der Waals surface area contributed by atoms with E-state index < -0.39 is 0 Å². The summed E-state index contributed by atoms with van der Waals surface area (Å²) in [5.41, 5.74) is 2.23. The van der Waals surface area contributed by atoms with Gasteiger partial charge in [-0.1, -0.05) is 22.9 Å². The van der Waals surface area contributed by atoms with Crippen molar-refractivity contribution in [3.05, 3.63) is 41.5 Å². The fraction of sp³-hybridized carbons (Fsp3) is 0.333. The van der Waals surface area contributed by atoms with E-state index in [1.807, 2.05) is 31.2 Å². The van der Waals surface area contributed by atoms with Crippen LogP contribution in [0.15, 0.2) is 28.8 Å². The van der Waals surface area contributed by atoms with Gasteiger partial charge in [0, 0.05) is 12.1 Å². The van der Waals surface area contributed by atoms with E-state index in [0.29, 0.717) is 24.7 Å². The molecule has 5 heteroatoms. The van der Waals surface area contributed by atoms with Crippen LogP contribution in [0, 0.1) is 6.92 Å². The Morgan fingerprint density at radius 2 is 2.06 bits per heavy atom. The van der Waals surface area contributed by atoms with Crippen molar-refractivity contribution in [3.8, 4) is 0 Å². The minimum Gasteiger partial charge on any atom is -0.396 e.